The van der Waals surface area contributed by atoms with Crippen LogP contribution in [0.2, 0.25) is 0 Å². The highest BCUT2D eigenvalue weighted by Crippen LogP contribution is 2.38. The maximum absolute atomic E-state index is 13.0. The molecule has 0 fully saturated rings. The number of benzene rings is 1. The molecule has 0 bridgehead atoms. The molecule has 1 aromatic heterocycles. The average molecular weight is 343 g/mol. The van der Waals surface area contributed by atoms with E-state index >= 15 is 0 Å². The minimum absolute atomic E-state index is 0.00505. The Balaban J connectivity index is 2.03. The van der Waals surface area contributed by atoms with E-state index in [1.165, 1.54) is 18.3 Å². The first-order valence-electron chi connectivity index (χ1n) is 7.27. The molecule has 0 saturated carbocycles. The molecule has 23 heavy (non-hydrogen) atoms. The summed E-state index contributed by atoms with van der Waals surface area (Å²) in [7, 11) is -3.87. The monoisotopic (exact) mass is 343 g/mol. The van der Waals surface area contributed by atoms with Crippen LogP contribution in [0.15, 0.2) is 41.4 Å². The van der Waals surface area contributed by atoms with Gasteiger partial charge < -0.3 is 0 Å². The van der Waals surface area contributed by atoms with Gasteiger partial charge in [-0.3, -0.25) is 0 Å². The van der Waals surface area contributed by atoms with E-state index in [1.807, 2.05) is 6.92 Å². The van der Waals surface area contributed by atoms with Crippen LogP contribution in [-0.2, 0) is 22.9 Å². The standard InChI is InChI=1S/C16H16F3NO2S/c1-11-2-6-14(7-3-11)23(21,22)20-9-8-12-4-5-13(10-15(12)20)16(17,18)19/h2-3,6-9,13H,4-5,10H2,1H3. The second-order valence-electron chi connectivity index (χ2n) is 5.88. The molecule has 1 atom stereocenters. The van der Waals surface area contributed by atoms with Crippen molar-refractivity contribution in [2.24, 2.45) is 5.92 Å². The predicted molar refractivity (Wildman–Crippen MR) is 79.8 cm³/mol. The first-order valence-corrected chi connectivity index (χ1v) is 8.71. The van der Waals surface area contributed by atoms with E-state index < -0.39 is 22.1 Å². The number of rotatable bonds is 2. The first kappa shape index (κ1) is 16.1. The van der Waals surface area contributed by atoms with E-state index in [-0.39, 0.29) is 29.9 Å². The summed E-state index contributed by atoms with van der Waals surface area (Å²) in [6.07, 6.45) is -2.99. The molecule has 1 unspecified atom stereocenters. The van der Waals surface area contributed by atoms with E-state index in [1.54, 1.807) is 18.2 Å². The highest BCUT2D eigenvalue weighted by molar-refractivity contribution is 7.90. The predicted octanol–water partition coefficient (Wildman–Crippen LogP) is 3.70. The van der Waals surface area contributed by atoms with Crippen LogP contribution in [0.3, 0.4) is 0 Å². The molecule has 3 nitrogen and oxygen atoms in total. The van der Waals surface area contributed by atoms with Crippen LogP contribution in [0, 0.1) is 12.8 Å². The van der Waals surface area contributed by atoms with Crippen molar-refractivity contribution in [1.29, 1.82) is 0 Å². The third kappa shape index (κ3) is 2.89. The summed E-state index contributed by atoms with van der Waals surface area (Å²) in [6, 6.07) is 7.89. The van der Waals surface area contributed by atoms with Gasteiger partial charge in [-0.1, -0.05) is 17.7 Å². The zero-order chi connectivity index (χ0) is 16.8. The van der Waals surface area contributed by atoms with Gasteiger partial charge in [0, 0.05) is 18.3 Å². The largest absolute Gasteiger partial charge is 0.392 e. The molecule has 0 radical (unpaired) electrons. The molecule has 124 valence electrons. The highest BCUT2D eigenvalue weighted by Gasteiger charge is 2.42. The van der Waals surface area contributed by atoms with E-state index in [9.17, 15) is 21.6 Å². The van der Waals surface area contributed by atoms with Crippen molar-refractivity contribution in [3.63, 3.8) is 0 Å². The number of aryl methyl sites for hydroxylation is 2. The molecule has 1 aromatic carbocycles. The fourth-order valence-electron chi connectivity index (χ4n) is 2.93. The van der Waals surface area contributed by atoms with Crippen molar-refractivity contribution >= 4 is 10.0 Å². The van der Waals surface area contributed by atoms with Gasteiger partial charge in [0.2, 0.25) is 0 Å². The van der Waals surface area contributed by atoms with Gasteiger partial charge in [-0.15, -0.1) is 0 Å². The topological polar surface area (TPSA) is 39.1 Å². The van der Waals surface area contributed by atoms with Crippen LogP contribution in [0.25, 0.3) is 0 Å². The summed E-state index contributed by atoms with van der Waals surface area (Å²) in [5.74, 6) is -1.49. The zero-order valence-corrected chi connectivity index (χ0v) is 13.3. The molecule has 1 aliphatic rings. The number of fused-ring (bicyclic) bond motifs is 1. The maximum Gasteiger partial charge on any atom is 0.392 e. The lowest BCUT2D eigenvalue weighted by atomic mass is 9.88. The number of hydrogen-bond donors (Lipinski definition) is 0. The molecule has 0 N–H and O–H groups in total. The fourth-order valence-corrected chi connectivity index (χ4v) is 4.34. The van der Waals surface area contributed by atoms with Crippen LogP contribution >= 0.6 is 0 Å². The summed E-state index contributed by atoms with van der Waals surface area (Å²) in [4.78, 5) is 0.0793. The second kappa shape index (κ2) is 5.40. The van der Waals surface area contributed by atoms with Crippen molar-refractivity contribution in [3.8, 4) is 0 Å². The van der Waals surface area contributed by atoms with Gasteiger partial charge in [-0.25, -0.2) is 12.4 Å². The molecule has 3 rings (SSSR count). The quantitative estimate of drug-likeness (QED) is 0.834. The lowest BCUT2D eigenvalue weighted by Gasteiger charge is -2.26. The normalized spacial score (nSPS) is 18.7. The lowest BCUT2D eigenvalue weighted by molar-refractivity contribution is -0.177. The molecule has 0 aliphatic heterocycles. The van der Waals surface area contributed by atoms with E-state index in [2.05, 4.69) is 0 Å². The van der Waals surface area contributed by atoms with E-state index in [4.69, 9.17) is 0 Å². The summed E-state index contributed by atoms with van der Waals surface area (Å²) < 4.78 is 65.4. The number of aromatic nitrogens is 1. The summed E-state index contributed by atoms with van der Waals surface area (Å²) in [6.45, 7) is 1.84. The molecular formula is C16H16F3NO2S. The van der Waals surface area contributed by atoms with Crippen molar-refractivity contribution in [1.82, 2.24) is 3.97 Å². The third-order valence-corrected chi connectivity index (χ3v) is 6.02. The maximum atomic E-state index is 13.0. The number of alkyl halides is 3. The van der Waals surface area contributed by atoms with Crippen molar-refractivity contribution in [2.45, 2.75) is 37.3 Å². The molecular weight excluding hydrogens is 327 g/mol. The van der Waals surface area contributed by atoms with E-state index in [0.29, 0.717) is 5.56 Å². The SMILES string of the molecule is Cc1ccc(S(=O)(=O)n2ccc3c2CC(C(F)(F)F)CC3)cc1. The molecule has 0 amide bonds. The summed E-state index contributed by atoms with van der Waals surface area (Å²) in [5.41, 5.74) is 1.84. The Labute approximate surface area is 132 Å². The minimum atomic E-state index is -4.31. The van der Waals surface area contributed by atoms with Gasteiger partial charge in [0.1, 0.15) is 0 Å². The van der Waals surface area contributed by atoms with Gasteiger partial charge in [-0.05, 0) is 43.5 Å². The Morgan fingerprint density at radius 2 is 1.78 bits per heavy atom. The van der Waals surface area contributed by atoms with Gasteiger partial charge in [0.25, 0.3) is 10.0 Å². The fraction of sp³-hybridized carbons (Fsp3) is 0.375. The molecule has 0 spiro atoms. The Kier molecular flexibility index (Phi) is 3.78. The van der Waals surface area contributed by atoms with E-state index in [0.717, 1.165) is 9.54 Å². The first-order chi connectivity index (χ1) is 10.7. The molecule has 0 saturated heterocycles. The van der Waals surface area contributed by atoms with Gasteiger partial charge in [0.15, 0.2) is 0 Å². The van der Waals surface area contributed by atoms with Crippen LogP contribution in [0.1, 0.15) is 23.2 Å². The molecule has 7 heteroatoms. The Hall–Kier alpha value is -1.76. The zero-order valence-electron chi connectivity index (χ0n) is 12.5. The molecule has 1 heterocycles. The summed E-state index contributed by atoms with van der Waals surface area (Å²) in [5, 5.41) is 0. The summed E-state index contributed by atoms with van der Waals surface area (Å²) >= 11 is 0. The van der Waals surface area contributed by atoms with Gasteiger partial charge >= 0.3 is 6.18 Å². The third-order valence-electron chi connectivity index (χ3n) is 4.29. The van der Waals surface area contributed by atoms with Crippen molar-refractivity contribution in [3.05, 3.63) is 53.3 Å². The van der Waals surface area contributed by atoms with Crippen molar-refractivity contribution in [2.75, 3.05) is 0 Å². The smallest absolute Gasteiger partial charge is 0.246 e. The Morgan fingerprint density at radius 3 is 2.39 bits per heavy atom. The van der Waals surface area contributed by atoms with Crippen LogP contribution in [-0.4, -0.2) is 18.6 Å². The Morgan fingerprint density at radius 1 is 1.13 bits per heavy atom. The van der Waals surface area contributed by atoms with Gasteiger partial charge in [-0.2, -0.15) is 13.2 Å². The number of hydrogen-bond acceptors (Lipinski definition) is 2. The van der Waals surface area contributed by atoms with Crippen molar-refractivity contribution < 1.29 is 21.6 Å². The lowest BCUT2D eigenvalue weighted by Crippen LogP contribution is -2.30. The van der Waals surface area contributed by atoms with Gasteiger partial charge in [0.05, 0.1) is 10.8 Å². The second-order valence-corrected chi connectivity index (χ2v) is 7.70. The number of nitrogens with zero attached hydrogens (tertiary/aromatic N) is 1. The van der Waals surface area contributed by atoms with Crippen LogP contribution < -0.4 is 0 Å². The van der Waals surface area contributed by atoms with Crippen LogP contribution in [0.5, 0.6) is 0 Å². The average Bonchev–Trinajstić information content (AvgIpc) is 2.90. The number of halogens is 3. The minimum Gasteiger partial charge on any atom is -0.246 e. The van der Waals surface area contributed by atoms with Crippen LogP contribution in [0.4, 0.5) is 13.2 Å². The highest BCUT2D eigenvalue weighted by atomic mass is 32.2. The molecule has 1 aliphatic carbocycles. The molecule has 2 aromatic rings. The Bertz CT molecular complexity index is 820.